The number of hydrogen-bond donors (Lipinski definition) is 0. The lowest BCUT2D eigenvalue weighted by molar-refractivity contribution is 1.03. The van der Waals surface area contributed by atoms with Crippen LogP contribution in [-0.2, 0) is 0 Å². The van der Waals surface area contributed by atoms with Crippen LogP contribution in [0.5, 0.6) is 0 Å². The van der Waals surface area contributed by atoms with Crippen molar-refractivity contribution in [3.8, 4) is 56.4 Å². The first kappa shape index (κ1) is 33.0. The van der Waals surface area contributed by atoms with Gasteiger partial charge in [-0.15, -0.1) is 11.3 Å². The Balaban J connectivity index is 1.10. The van der Waals surface area contributed by atoms with Gasteiger partial charge in [-0.3, -0.25) is 0 Å². The van der Waals surface area contributed by atoms with E-state index in [0.29, 0.717) is 0 Å². The molecule has 0 aliphatic heterocycles. The molecule has 0 saturated heterocycles. The van der Waals surface area contributed by atoms with Crippen LogP contribution in [-0.4, -0.2) is 19.9 Å². The summed E-state index contributed by atoms with van der Waals surface area (Å²) in [6, 6.07) is 50.9. The average molecular weight is 725 g/mol. The van der Waals surface area contributed by atoms with E-state index < -0.39 is 0 Å². The first-order valence-electron chi connectivity index (χ1n) is 18.9. The molecule has 3 heterocycles. The Morgan fingerprint density at radius 2 is 0.982 bits per heavy atom. The number of allylic oxidation sites excluding steroid dienone is 4. The predicted octanol–water partition coefficient (Wildman–Crippen LogP) is 11.3. The van der Waals surface area contributed by atoms with Crippen molar-refractivity contribution in [1.82, 2.24) is 19.9 Å². The zero-order valence-corrected chi connectivity index (χ0v) is 31.0. The monoisotopic (exact) mass is 724 g/mol. The first-order valence-corrected chi connectivity index (χ1v) is 19.7. The Hall–Kier alpha value is -6.56. The zero-order valence-electron chi connectivity index (χ0n) is 30.2. The van der Waals surface area contributed by atoms with Gasteiger partial charge in [-0.25, -0.2) is 19.9 Å². The quantitative estimate of drug-likeness (QED) is 0.164. The molecule has 5 heteroatoms. The van der Waals surface area contributed by atoms with Crippen LogP contribution in [0.3, 0.4) is 0 Å². The largest absolute Gasteiger partial charge is 0.228 e. The summed E-state index contributed by atoms with van der Waals surface area (Å²) in [6.07, 6.45) is 13.2. The van der Waals surface area contributed by atoms with Crippen LogP contribution >= 0.6 is 11.3 Å². The van der Waals surface area contributed by atoms with E-state index in [0.717, 1.165) is 87.9 Å². The second-order valence-electron chi connectivity index (χ2n) is 14.0. The molecule has 5 aromatic carbocycles. The number of nitrogens with zero attached hydrogens (tertiary/aromatic N) is 4. The fourth-order valence-corrected chi connectivity index (χ4v) is 8.92. The summed E-state index contributed by atoms with van der Waals surface area (Å²) >= 11 is 1.83. The molecule has 4 nitrogen and oxygen atoms in total. The minimum atomic E-state index is 0.718. The maximum absolute atomic E-state index is 5.31. The molecule has 8 aromatic rings. The fourth-order valence-electron chi connectivity index (χ4n) is 7.61. The highest BCUT2D eigenvalue weighted by molar-refractivity contribution is 7.17. The van der Waals surface area contributed by atoms with Crippen molar-refractivity contribution in [3.05, 3.63) is 185 Å². The van der Waals surface area contributed by atoms with Gasteiger partial charge >= 0.3 is 0 Å². The van der Waals surface area contributed by atoms with Crippen LogP contribution < -0.4 is 9.75 Å². The van der Waals surface area contributed by atoms with Crippen LogP contribution in [0.25, 0.3) is 83.7 Å². The van der Waals surface area contributed by atoms with E-state index >= 15 is 0 Å². The summed E-state index contributed by atoms with van der Waals surface area (Å²) in [5.74, 6) is 1.52. The summed E-state index contributed by atoms with van der Waals surface area (Å²) in [5, 5.41) is 2.53. The van der Waals surface area contributed by atoms with Gasteiger partial charge < -0.3 is 0 Å². The molecule has 0 radical (unpaired) electrons. The molecule has 0 spiro atoms. The SMILES string of the molecule is C1=CC(c2ccc(-c3cc(-c4ccccc4)nc(C4=c5sc6cc(-c7cc(-c8ccccc8)nc(-c8ccccc8)n7)ccc6c5=CCC4)n3)cc2)=CCC1. The van der Waals surface area contributed by atoms with Crippen molar-refractivity contribution in [3.63, 3.8) is 0 Å². The Bertz CT molecular complexity index is 2830. The van der Waals surface area contributed by atoms with Gasteiger partial charge in [0.05, 0.1) is 22.8 Å². The van der Waals surface area contributed by atoms with Crippen LogP contribution in [0, 0.1) is 0 Å². The van der Waals surface area contributed by atoms with Crippen LogP contribution in [0.2, 0.25) is 0 Å². The molecule has 0 fully saturated rings. The lowest BCUT2D eigenvalue weighted by atomic mass is 9.97. The van der Waals surface area contributed by atoms with Crippen molar-refractivity contribution in [2.75, 3.05) is 0 Å². The lowest BCUT2D eigenvalue weighted by Crippen LogP contribution is -2.26. The predicted molar refractivity (Wildman–Crippen MR) is 228 cm³/mol. The van der Waals surface area contributed by atoms with E-state index in [1.54, 1.807) is 0 Å². The Kier molecular flexibility index (Phi) is 8.62. The molecule has 55 heavy (non-hydrogen) atoms. The van der Waals surface area contributed by atoms with E-state index in [-0.39, 0.29) is 0 Å². The van der Waals surface area contributed by atoms with Gasteiger partial charge in [0.1, 0.15) is 0 Å². The van der Waals surface area contributed by atoms with Crippen molar-refractivity contribution >= 4 is 38.6 Å². The number of hydrogen-bond acceptors (Lipinski definition) is 5. The van der Waals surface area contributed by atoms with E-state index in [1.807, 2.05) is 35.6 Å². The number of rotatable bonds is 7. The molecule has 0 saturated carbocycles. The average Bonchev–Trinajstić information content (AvgIpc) is 3.66. The molecule has 0 bridgehead atoms. The third kappa shape index (κ3) is 6.53. The van der Waals surface area contributed by atoms with Gasteiger partial charge in [-0.1, -0.05) is 152 Å². The molecule has 0 atom stereocenters. The Morgan fingerprint density at radius 3 is 1.60 bits per heavy atom. The number of thiophene rings is 1. The summed E-state index contributed by atoms with van der Waals surface area (Å²) in [4.78, 5) is 20.7. The second kappa shape index (κ2) is 14.3. The van der Waals surface area contributed by atoms with Gasteiger partial charge in [0.15, 0.2) is 11.6 Å². The topological polar surface area (TPSA) is 51.6 Å². The lowest BCUT2D eigenvalue weighted by Gasteiger charge is -2.13. The van der Waals surface area contributed by atoms with Gasteiger partial charge in [0.25, 0.3) is 0 Å². The van der Waals surface area contributed by atoms with E-state index in [4.69, 9.17) is 19.9 Å². The molecule has 10 rings (SSSR count). The summed E-state index contributed by atoms with van der Waals surface area (Å²) in [5.41, 5.74) is 12.7. The van der Waals surface area contributed by atoms with Gasteiger partial charge in [0, 0.05) is 48.0 Å². The standard InChI is InChI=1S/C50H36N4S/c1-5-14-33(15-6-1)34-24-26-37(27-25-34)45-31-44(36-18-9-3-10-19-36)53-50(54-45)42-23-13-22-41-40-29-28-39(30-47(40)55-48(41)42)46-32-43(35-16-7-2-8-17-35)51-49(52-46)38-20-11-4-12-21-38/h2-5,7-12,14-22,24-32H,1,6,13,23H2. The van der Waals surface area contributed by atoms with Crippen LogP contribution in [0.4, 0.5) is 0 Å². The highest BCUT2D eigenvalue weighted by Gasteiger charge is 2.19. The molecule has 2 aliphatic rings. The third-order valence-electron chi connectivity index (χ3n) is 10.4. The molecular weight excluding hydrogens is 689 g/mol. The van der Waals surface area contributed by atoms with E-state index in [2.05, 4.69) is 146 Å². The van der Waals surface area contributed by atoms with Crippen molar-refractivity contribution in [2.45, 2.75) is 25.7 Å². The van der Waals surface area contributed by atoms with Crippen molar-refractivity contribution in [2.24, 2.45) is 0 Å². The van der Waals surface area contributed by atoms with Crippen LogP contribution in [0.15, 0.2) is 164 Å². The fraction of sp³-hybridized carbons (Fsp3) is 0.0800. The Morgan fingerprint density at radius 1 is 0.436 bits per heavy atom. The van der Waals surface area contributed by atoms with Gasteiger partial charge in [-0.2, -0.15) is 0 Å². The molecule has 3 aromatic heterocycles. The Labute approximate surface area is 324 Å². The number of benzene rings is 5. The molecule has 0 N–H and O–H groups in total. The third-order valence-corrected chi connectivity index (χ3v) is 11.7. The molecule has 2 aliphatic carbocycles. The summed E-state index contributed by atoms with van der Waals surface area (Å²) < 4.78 is 2.47. The van der Waals surface area contributed by atoms with Crippen molar-refractivity contribution in [1.29, 1.82) is 0 Å². The maximum atomic E-state index is 5.31. The maximum Gasteiger partial charge on any atom is 0.160 e. The van der Waals surface area contributed by atoms with E-state index in [9.17, 15) is 0 Å². The van der Waals surface area contributed by atoms with Crippen molar-refractivity contribution < 1.29 is 0 Å². The smallest absolute Gasteiger partial charge is 0.160 e. The van der Waals surface area contributed by atoms with Crippen LogP contribution in [0.1, 0.15) is 37.1 Å². The molecule has 0 amide bonds. The minimum Gasteiger partial charge on any atom is -0.228 e. The first-order chi connectivity index (χ1) is 27.2. The summed E-state index contributed by atoms with van der Waals surface area (Å²) in [7, 11) is 0. The van der Waals surface area contributed by atoms with Gasteiger partial charge in [-0.05, 0) is 60.2 Å². The molecule has 0 unspecified atom stereocenters. The molecule has 262 valence electrons. The highest BCUT2D eigenvalue weighted by Crippen LogP contribution is 2.32. The second-order valence-corrected chi connectivity index (χ2v) is 15.1. The zero-order chi connectivity index (χ0) is 36.6. The number of fused-ring (bicyclic) bond motifs is 3. The number of aromatic nitrogens is 4. The normalized spacial score (nSPS) is 13.7. The molecular formula is C50H36N4S. The minimum absolute atomic E-state index is 0.718. The van der Waals surface area contributed by atoms with Gasteiger partial charge in [0.2, 0.25) is 0 Å². The summed E-state index contributed by atoms with van der Waals surface area (Å²) in [6.45, 7) is 0. The highest BCUT2D eigenvalue weighted by atomic mass is 32.1. The van der Waals surface area contributed by atoms with E-state index in [1.165, 1.54) is 36.5 Å².